The molecule has 3 aromatic rings. The number of nitrogens with zero attached hydrogens (tertiary/aromatic N) is 8. The summed E-state index contributed by atoms with van der Waals surface area (Å²) in [6.45, 7) is 9.57. The number of hydroxylamine groups is 2. The summed E-state index contributed by atoms with van der Waals surface area (Å²) in [6, 6.07) is 2.04. The summed E-state index contributed by atoms with van der Waals surface area (Å²) in [5.41, 5.74) is 9.97. The fraction of sp³-hybridized carbons (Fsp3) is 0.500. The average molecular weight is 499 g/mol. The van der Waals surface area contributed by atoms with Crippen LogP contribution in [0.5, 0.6) is 0 Å². The third kappa shape index (κ3) is 5.06. The quantitative estimate of drug-likeness (QED) is 0.546. The summed E-state index contributed by atoms with van der Waals surface area (Å²) in [5, 5.41) is 4.50. The minimum atomic E-state index is -0.531. The van der Waals surface area contributed by atoms with Gasteiger partial charge in [0.15, 0.2) is 10.6 Å². The number of fused-ring (bicyclic) bond motifs is 1. The first-order valence-corrected chi connectivity index (χ1v) is 12.5. The van der Waals surface area contributed by atoms with Crippen LogP contribution < -0.4 is 20.9 Å². The third-order valence-corrected chi connectivity index (χ3v) is 7.15. The number of carbonyl (C=O) groups excluding carboxylic acids is 1. The molecule has 3 aromatic heterocycles. The Hall–Kier alpha value is -3.29. The van der Waals surface area contributed by atoms with Crippen molar-refractivity contribution in [3.63, 3.8) is 0 Å². The highest BCUT2D eigenvalue weighted by Gasteiger charge is 2.29. The highest BCUT2D eigenvalue weighted by atomic mass is 32.1. The van der Waals surface area contributed by atoms with Crippen molar-refractivity contribution in [2.45, 2.75) is 19.9 Å². The molecule has 1 amide bonds. The van der Waals surface area contributed by atoms with Crippen LogP contribution >= 0.6 is 11.3 Å². The normalized spacial score (nSPS) is 19.8. The van der Waals surface area contributed by atoms with E-state index in [1.165, 1.54) is 11.3 Å². The molecule has 2 fully saturated rings. The van der Waals surface area contributed by atoms with Crippen LogP contribution in [0.4, 0.5) is 28.1 Å². The Morgan fingerprint density at radius 2 is 1.97 bits per heavy atom. The van der Waals surface area contributed by atoms with E-state index in [0.29, 0.717) is 31.1 Å². The lowest BCUT2D eigenvalue weighted by Crippen LogP contribution is -2.53. The Labute approximate surface area is 207 Å². The van der Waals surface area contributed by atoms with Gasteiger partial charge in [-0.25, -0.2) is 19.7 Å². The number of nitrogens with two attached hydrogens (primary N) is 1. The fourth-order valence-corrected chi connectivity index (χ4v) is 5.08. The number of hydrogen-bond acceptors (Lipinski definition) is 12. The maximum absolute atomic E-state index is 12.6. The number of anilines is 4. The van der Waals surface area contributed by atoms with Gasteiger partial charge in [0.25, 0.3) is 0 Å². The van der Waals surface area contributed by atoms with E-state index in [4.69, 9.17) is 10.6 Å². The largest absolute Gasteiger partial charge is 0.430 e. The molecule has 0 aromatic carbocycles. The lowest BCUT2D eigenvalue weighted by molar-refractivity contribution is -0.103. The molecular weight excluding hydrogens is 468 g/mol. The number of rotatable bonds is 4. The molecule has 12 nitrogen and oxygen atoms in total. The number of nitrogen functional groups attached to an aromatic ring is 1. The molecule has 0 unspecified atom stereocenters. The van der Waals surface area contributed by atoms with Crippen LogP contribution in [0.15, 0.2) is 17.8 Å². The number of thiazole rings is 1. The van der Waals surface area contributed by atoms with E-state index in [9.17, 15) is 4.79 Å². The smallest absolute Gasteiger partial charge is 0.368 e. The van der Waals surface area contributed by atoms with Crippen LogP contribution in [0.3, 0.4) is 0 Å². The van der Waals surface area contributed by atoms with Gasteiger partial charge < -0.3 is 25.3 Å². The number of aromatic nitrogens is 4. The van der Waals surface area contributed by atoms with Crippen molar-refractivity contribution in [2.24, 2.45) is 0 Å². The summed E-state index contributed by atoms with van der Waals surface area (Å²) in [7, 11) is 2.13. The van der Waals surface area contributed by atoms with Crippen LogP contribution in [-0.4, -0.2) is 94.9 Å². The van der Waals surface area contributed by atoms with Gasteiger partial charge in [-0.3, -0.25) is 5.32 Å². The number of hydrogen-bond donors (Lipinski definition) is 2. The van der Waals surface area contributed by atoms with E-state index >= 15 is 0 Å². The second-order valence-corrected chi connectivity index (χ2v) is 9.83. The molecule has 0 aliphatic carbocycles. The third-order valence-electron chi connectivity index (χ3n) is 6.43. The minimum absolute atomic E-state index is 0.0297. The van der Waals surface area contributed by atoms with Crippen molar-refractivity contribution >= 4 is 51.0 Å². The molecule has 0 spiro atoms. The molecule has 2 aliphatic heterocycles. The van der Waals surface area contributed by atoms with Crippen molar-refractivity contribution < 1.29 is 9.63 Å². The molecule has 2 saturated heterocycles. The monoisotopic (exact) mass is 498 g/mol. The summed E-state index contributed by atoms with van der Waals surface area (Å²) < 4.78 is 0. The first-order valence-electron chi connectivity index (χ1n) is 11.6. The second-order valence-electron chi connectivity index (χ2n) is 8.99. The van der Waals surface area contributed by atoms with Crippen LogP contribution in [0.25, 0.3) is 10.3 Å². The van der Waals surface area contributed by atoms with Crippen LogP contribution in [0, 0.1) is 6.92 Å². The van der Waals surface area contributed by atoms with Gasteiger partial charge in [0.2, 0.25) is 5.95 Å². The van der Waals surface area contributed by atoms with E-state index in [1.807, 2.05) is 13.0 Å². The first kappa shape index (κ1) is 23.5. The maximum atomic E-state index is 12.6. The highest BCUT2D eigenvalue weighted by molar-refractivity contribution is 7.16. The molecule has 0 saturated carbocycles. The minimum Gasteiger partial charge on any atom is -0.368 e. The standard InChI is InChI=1S/C22H30N10O2S/c1-14-10-17(30-6-4-29(3)5-7-30)24-11-16(14)26-22(33)34-31-8-9-32(15(2)12-31)19-18-20(35-13-25-18)28-21(23)27-19/h10-11,13,15H,4-9,12H2,1-3H3,(H,26,33)(H2,23,27,28)/t15-/m0/s1. The molecule has 0 radical (unpaired) electrons. The Morgan fingerprint density at radius 1 is 1.17 bits per heavy atom. The van der Waals surface area contributed by atoms with Gasteiger partial charge in [-0.1, -0.05) is 0 Å². The van der Waals surface area contributed by atoms with E-state index in [1.54, 1.807) is 16.8 Å². The number of amides is 1. The fourth-order valence-electron chi connectivity index (χ4n) is 4.42. The summed E-state index contributed by atoms with van der Waals surface area (Å²) >= 11 is 1.43. The van der Waals surface area contributed by atoms with Gasteiger partial charge in [0.1, 0.15) is 11.3 Å². The Kier molecular flexibility index (Phi) is 6.54. The molecule has 35 heavy (non-hydrogen) atoms. The van der Waals surface area contributed by atoms with Crippen LogP contribution in [0.1, 0.15) is 12.5 Å². The summed E-state index contributed by atoms with van der Waals surface area (Å²) in [4.78, 5) is 43.3. The zero-order chi connectivity index (χ0) is 24.5. The molecular formula is C22H30N10O2S. The number of piperazine rings is 2. The highest BCUT2D eigenvalue weighted by Crippen LogP contribution is 2.29. The SMILES string of the molecule is Cc1cc(N2CCN(C)CC2)ncc1NC(=O)ON1CCN(c2nc(N)nc3scnc23)[C@@H](C)C1. The Morgan fingerprint density at radius 3 is 2.71 bits per heavy atom. The van der Waals surface area contributed by atoms with Gasteiger partial charge in [-0.2, -0.15) is 4.98 Å². The van der Waals surface area contributed by atoms with Gasteiger partial charge in [-0.05, 0) is 32.5 Å². The Bertz CT molecular complexity index is 1210. The van der Waals surface area contributed by atoms with Gasteiger partial charge in [0, 0.05) is 38.8 Å². The van der Waals surface area contributed by atoms with Gasteiger partial charge in [0.05, 0.1) is 30.5 Å². The van der Waals surface area contributed by atoms with Crippen molar-refractivity contribution in [1.29, 1.82) is 0 Å². The molecule has 1 atom stereocenters. The summed E-state index contributed by atoms with van der Waals surface area (Å²) in [5.74, 6) is 1.87. The molecule has 5 heterocycles. The lowest BCUT2D eigenvalue weighted by Gasteiger charge is -2.39. The predicted molar refractivity (Wildman–Crippen MR) is 137 cm³/mol. The summed E-state index contributed by atoms with van der Waals surface area (Å²) in [6.07, 6.45) is 1.17. The molecule has 186 valence electrons. The van der Waals surface area contributed by atoms with Crippen molar-refractivity contribution in [3.8, 4) is 0 Å². The zero-order valence-corrected chi connectivity index (χ0v) is 21.0. The second kappa shape index (κ2) is 9.76. The van der Waals surface area contributed by atoms with E-state index in [-0.39, 0.29) is 12.0 Å². The van der Waals surface area contributed by atoms with E-state index in [2.05, 4.69) is 53.9 Å². The van der Waals surface area contributed by atoms with Gasteiger partial charge in [-0.15, -0.1) is 16.4 Å². The van der Waals surface area contributed by atoms with Crippen LogP contribution in [-0.2, 0) is 4.84 Å². The average Bonchev–Trinajstić information content (AvgIpc) is 3.29. The Balaban J connectivity index is 1.18. The maximum Gasteiger partial charge on any atom is 0.430 e. The number of carbonyl (C=O) groups is 1. The van der Waals surface area contributed by atoms with Crippen molar-refractivity contribution in [2.75, 3.05) is 73.7 Å². The van der Waals surface area contributed by atoms with E-state index < -0.39 is 6.09 Å². The van der Waals surface area contributed by atoms with Crippen LogP contribution in [0.2, 0.25) is 0 Å². The van der Waals surface area contributed by atoms with Crippen molar-refractivity contribution in [3.05, 3.63) is 23.3 Å². The van der Waals surface area contributed by atoms with Gasteiger partial charge >= 0.3 is 6.09 Å². The lowest BCUT2D eigenvalue weighted by atomic mass is 10.2. The molecule has 0 bridgehead atoms. The zero-order valence-electron chi connectivity index (χ0n) is 20.1. The molecule has 13 heteroatoms. The topological polar surface area (TPSA) is 129 Å². The number of pyridine rings is 1. The predicted octanol–water partition coefficient (Wildman–Crippen LogP) is 1.80. The van der Waals surface area contributed by atoms with E-state index in [0.717, 1.165) is 47.9 Å². The molecule has 2 aliphatic rings. The number of likely N-dealkylation sites (N-methyl/N-ethyl adjacent to an activating group) is 1. The molecule has 3 N–H and O–H groups in total. The van der Waals surface area contributed by atoms with Crippen molar-refractivity contribution in [1.82, 2.24) is 29.9 Å². The first-order chi connectivity index (χ1) is 16.9. The number of aryl methyl sites for hydroxylation is 1. The number of nitrogens with one attached hydrogen (secondary N) is 1. The molecule has 5 rings (SSSR count).